The number of carbonyl (C=O) groups excluding carboxylic acids is 1. The second-order valence-corrected chi connectivity index (χ2v) is 9.27. The molecule has 3 aromatic rings. The zero-order valence-electron chi connectivity index (χ0n) is 18.7. The van der Waals surface area contributed by atoms with Gasteiger partial charge in [-0.2, -0.15) is 4.99 Å². The monoisotopic (exact) mass is 491 g/mol. The van der Waals surface area contributed by atoms with Crippen LogP contribution in [0.2, 0.25) is 5.02 Å². The molecule has 2 heterocycles. The van der Waals surface area contributed by atoms with E-state index in [1.165, 1.54) is 0 Å². The molecular weight excluding hydrogens is 470 g/mol. The molecule has 0 aliphatic carbocycles. The number of hydrogen-bond acceptors (Lipinski definition) is 6. The number of aliphatic imine (C=N–C) groups is 2. The molecule has 0 fully saturated rings. The van der Waals surface area contributed by atoms with Crippen LogP contribution in [0.5, 0.6) is 11.5 Å². The topological polar surface area (TPSA) is 63.5 Å². The zero-order valence-corrected chi connectivity index (χ0v) is 20.3. The lowest BCUT2D eigenvalue weighted by molar-refractivity contribution is -0.119. The van der Waals surface area contributed by atoms with Gasteiger partial charge in [-0.1, -0.05) is 65.8 Å². The van der Waals surface area contributed by atoms with Crippen molar-refractivity contribution in [2.45, 2.75) is 18.2 Å². The highest BCUT2D eigenvalue weighted by molar-refractivity contribution is 8.13. The van der Waals surface area contributed by atoms with Gasteiger partial charge in [0.05, 0.1) is 19.9 Å². The Labute approximate surface area is 207 Å². The molecule has 0 N–H and O–H groups in total. The molecule has 0 unspecified atom stereocenters. The highest BCUT2D eigenvalue weighted by Crippen LogP contribution is 2.41. The lowest BCUT2D eigenvalue weighted by atomic mass is 10.0. The third-order valence-electron chi connectivity index (χ3n) is 5.73. The molecule has 3 aromatic carbocycles. The van der Waals surface area contributed by atoms with Crippen LogP contribution in [0.25, 0.3) is 0 Å². The van der Waals surface area contributed by atoms with Crippen LogP contribution in [0.4, 0.5) is 5.69 Å². The van der Waals surface area contributed by atoms with Crippen molar-refractivity contribution in [1.82, 2.24) is 4.90 Å². The van der Waals surface area contributed by atoms with E-state index in [1.807, 2.05) is 71.6 Å². The summed E-state index contributed by atoms with van der Waals surface area (Å²) in [5.74, 6) is 2.19. The number of rotatable bonds is 6. The molecule has 0 radical (unpaired) electrons. The van der Waals surface area contributed by atoms with Gasteiger partial charge >= 0.3 is 0 Å². The molecular formula is C26H22ClN3O3S. The van der Waals surface area contributed by atoms with Crippen molar-refractivity contribution in [3.05, 3.63) is 88.4 Å². The summed E-state index contributed by atoms with van der Waals surface area (Å²) in [5, 5.41) is 1.40. The molecule has 0 saturated carbocycles. The number of benzene rings is 3. The molecule has 172 valence electrons. The number of ether oxygens (including phenoxy) is 2. The molecule has 0 saturated heterocycles. The van der Waals surface area contributed by atoms with Crippen LogP contribution in [0.15, 0.2) is 76.7 Å². The Hall–Kier alpha value is -3.29. The maximum absolute atomic E-state index is 13.1. The van der Waals surface area contributed by atoms with E-state index in [0.717, 1.165) is 16.7 Å². The molecule has 0 bridgehead atoms. The van der Waals surface area contributed by atoms with Gasteiger partial charge in [-0.3, -0.25) is 9.69 Å². The van der Waals surface area contributed by atoms with Gasteiger partial charge in [0.1, 0.15) is 11.9 Å². The maximum atomic E-state index is 13.1. The van der Waals surface area contributed by atoms with Gasteiger partial charge < -0.3 is 9.47 Å². The quantitative estimate of drug-likeness (QED) is 0.456. The zero-order chi connectivity index (χ0) is 23.7. The molecule has 0 aromatic heterocycles. The molecule has 8 heteroatoms. The molecule has 34 heavy (non-hydrogen) atoms. The molecule has 0 spiro atoms. The first-order valence-electron chi connectivity index (χ1n) is 10.8. The average Bonchev–Trinajstić information content (AvgIpc) is 3.18. The van der Waals surface area contributed by atoms with Crippen molar-refractivity contribution in [3.63, 3.8) is 0 Å². The van der Waals surface area contributed by atoms with Gasteiger partial charge in [-0.15, -0.1) is 0 Å². The second kappa shape index (κ2) is 9.52. The summed E-state index contributed by atoms with van der Waals surface area (Å²) in [6.07, 6.45) is 0.534. The van der Waals surface area contributed by atoms with Gasteiger partial charge in [0, 0.05) is 28.8 Å². The van der Waals surface area contributed by atoms with E-state index in [1.54, 1.807) is 26.0 Å². The fourth-order valence-electron chi connectivity index (χ4n) is 4.09. The van der Waals surface area contributed by atoms with Crippen molar-refractivity contribution in [1.29, 1.82) is 0 Å². The van der Waals surface area contributed by atoms with Crippen LogP contribution in [-0.4, -0.2) is 42.1 Å². The minimum atomic E-state index is -0.468. The number of fused-ring (bicyclic) bond motifs is 3. The lowest BCUT2D eigenvalue weighted by Gasteiger charge is -2.31. The number of hydrogen-bond donors (Lipinski definition) is 0. The average molecular weight is 492 g/mol. The summed E-state index contributed by atoms with van der Waals surface area (Å²) in [4.78, 5) is 24.5. The number of methoxy groups -OCH3 is 2. The van der Waals surface area contributed by atoms with Crippen LogP contribution in [0.1, 0.15) is 16.7 Å². The maximum Gasteiger partial charge on any atom is 0.271 e. The number of halogens is 1. The molecule has 1 amide bonds. The third-order valence-corrected chi connectivity index (χ3v) is 6.99. The predicted molar refractivity (Wildman–Crippen MR) is 137 cm³/mol. The van der Waals surface area contributed by atoms with Gasteiger partial charge in [-0.25, -0.2) is 4.99 Å². The van der Waals surface area contributed by atoms with Crippen molar-refractivity contribution in [2.24, 2.45) is 9.98 Å². The van der Waals surface area contributed by atoms with Crippen LogP contribution < -0.4 is 9.47 Å². The van der Waals surface area contributed by atoms with Gasteiger partial charge in [-0.05, 0) is 29.3 Å². The van der Waals surface area contributed by atoms with E-state index in [4.69, 9.17) is 26.1 Å². The summed E-state index contributed by atoms with van der Waals surface area (Å²) in [7, 11) is 3.17. The fraction of sp³-hybridized carbons (Fsp3) is 0.192. The standard InChI is InChI=1S/C26H22ClN3O3S/c1-32-22-13-19-20(14-23(22)33-2)28-26(34-15-17-9-6-10-18(27)11-17)30-21(25(31)29-24(19)30)12-16-7-4-3-5-8-16/h3-11,13-14,21H,12,15H2,1-2H3/t21-/m0/s1. The lowest BCUT2D eigenvalue weighted by Crippen LogP contribution is -2.44. The Balaban J connectivity index is 1.55. The van der Waals surface area contributed by atoms with Gasteiger partial charge in [0.15, 0.2) is 16.7 Å². The number of amidine groups is 2. The van der Waals surface area contributed by atoms with E-state index < -0.39 is 6.04 Å². The predicted octanol–water partition coefficient (Wildman–Crippen LogP) is 5.49. The van der Waals surface area contributed by atoms with E-state index in [9.17, 15) is 4.79 Å². The molecule has 1 atom stereocenters. The Morgan fingerprint density at radius 3 is 2.41 bits per heavy atom. The normalized spacial score (nSPS) is 16.5. The summed E-state index contributed by atoms with van der Waals surface area (Å²) in [5.41, 5.74) is 3.57. The first-order chi connectivity index (χ1) is 16.6. The Bertz CT molecular complexity index is 1310. The fourth-order valence-corrected chi connectivity index (χ4v) is 5.30. The first kappa shape index (κ1) is 22.5. The van der Waals surface area contributed by atoms with Crippen LogP contribution in [-0.2, 0) is 17.0 Å². The Morgan fingerprint density at radius 2 is 1.68 bits per heavy atom. The third kappa shape index (κ3) is 4.29. The van der Waals surface area contributed by atoms with E-state index >= 15 is 0 Å². The molecule has 2 aliphatic heterocycles. The Kier molecular flexibility index (Phi) is 6.30. The molecule has 6 nitrogen and oxygen atoms in total. The smallest absolute Gasteiger partial charge is 0.271 e. The number of nitrogens with zero attached hydrogens (tertiary/aromatic N) is 3. The minimum absolute atomic E-state index is 0.183. The SMILES string of the molecule is COc1cc2c(cc1OC)C1=NC(=O)[C@H](Cc3ccccc3)N1C(SCc1cccc(Cl)c1)=N2. The number of carbonyl (C=O) groups is 1. The summed E-state index contributed by atoms with van der Waals surface area (Å²) in [6.45, 7) is 0. The minimum Gasteiger partial charge on any atom is -0.493 e. The second-order valence-electron chi connectivity index (χ2n) is 7.89. The van der Waals surface area contributed by atoms with Crippen molar-refractivity contribution in [3.8, 4) is 11.5 Å². The highest BCUT2D eigenvalue weighted by Gasteiger charge is 2.42. The van der Waals surface area contributed by atoms with E-state index in [-0.39, 0.29) is 5.91 Å². The highest BCUT2D eigenvalue weighted by atomic mass is 35.5. The Morgan fingerprint density at radius 1 is 0.941 bits per heavy atom. The summed E-state index contributed by atoms with van der Waals surface area (Å²) in [6, 6.07) is 20.9. The van der Waals surface area contributed by atoms with Crippen molar-refractivity contribution in [2.75, 3.05) is 14.2 Å². The van der Waals surface area contributed by atoms with Crippen LogP contribution in [0.3, 0.4) is 0 Å². The molecule has 5 rings (SSSR count). The van der Waals surface area contributed by atoms with Crippen LogP contribution in [0, 0.1) is 0 Å². The first-order valence-corrected chi connectivity index (χ1v) is 12.1. The van der Waals surface area contributed by atoms with Gasteiger partial charge in [0.2, 0.25) is 0 Å². The van der Waals surface area contributed by atoms with Crippen molar-refractivity contribution < 1.29 is 14.3 Å². The van der Waals surface area contributed by atoms with E-state index in [0.29, 0.717) is 45.4 Å². The van der Waals surface area contributed by atoms with E-state index in [2.05, 4.69) is 4.99 Å². The summed E-state index contributed by atoms with van der Waals surface area (Å²) < 4.78 is 11.0. The number of thioether (sulfide) groups is 1. The number of amides is 1. The van der Waals surface area contributed by atoms with Gasteiger partial charge in [0.25, 0.3) is 5.91 Å². The van der Waals surface area contributed by atoms with Crippen molar-refractivity contribution >= 4 is 46.0 Å². The largest absolute Gasteiger partial charge is 0.493 e. The summed E-state index contributed by atoms with van der Waals surface area (Å²) >= 11 is 7.73. The molecule has 2 aliphatic rings. The van der Waals surface area contributed by atoms with Crippen LogP contribution >= 0.6 is 23.4 Å².